The van der Waals surface area contributed by atoms with E-state index < -0.39 is 0 Å². The second-order valence-corrected chi connectivity index (χ2v) is 6.11. The molecule has 1 saturated heterocycles. The van der Waals surface area contributed by atoms with Crippen molar-refractivity contribution in [2.24, 2.45) is 0 Å². The number of nitrogens with zero attached hydrogens (tertiary/aromatic N) is 1. The lowest BCUT2D eigenvalue weighted by atomic mass is 10.1. The Morgan fingerprint density at radius 3 is 2.91 bits per heavy atom. The summed E-state index contributed by atoms with van der Waals surface area (Å²) in [6, 6.07) is 5.68. The zero-order valence-electron chi connectivity index (χ0n) is 12.3. The van der Waals surface area contributed by atoms with Gasteiger partial charge in [-0.25, -0.2) is 0 Å². The van der Waals surface area contributed by atoms with E-state index in [4.69, 9.17) is 9.47 Å². The molecule has 0 spiro atoms. The smallest absolute Gasteiger partial charge is 0.239 e. The lowest BCUT2D eigenvalue weighted by Crippen LogP contribution is -2.39. The monoisotopic (exact) mass is 322 g/mol. The quantitative estimate of drug-likeness (QED) is 0.901. The first-order valence-corrected chi connectivity index (χ1v) is 8.31. The van der Waals surface area contributed by atoms with Gasteiger partial charge in [-0.15, -0.1) is 11.8 Å². The van der Waals surface area contributed by atoms with Gasteiger partial charge in [0.2, 0.25) is 11.8 Å². The van der Waals surface area contributed by atoms with Gasteiger partial charge < -0.3 is 19.7 Å². The molecule has 1 aromatic rings. The summed E-state index contributed by atoms with van der Waals surface area (Å²) in [5.41, 5.74) is 0.949. The Kier molecular flexibility index (Phi) is 4.42. The molecule has 118 valence electrons. The van der Waals surface area contributed by atoms with E-state index in [0.717, 1.165) is 11.3 Å². The fourth-order valence-corrected chi connectivity index (χ4v) is 3.70. The number of likely N-dealkylation sites (N-methyl/N-ethyl adjacent to an activating group) is 1. The van der Waals surface area contributed by atoms with Crippen LogP contribution in [-0.4, -0.2) is 48.8 Å². The zero-order valence-corrected chi connectivity index (χ0v) is 13.1. The number of fused-ring (bicyclic) bond motifs is 1. The van der Waals surface area contributed by atoms with E-state index in [-0.39, 0.29) is 23.7 Å². The van der Waals surface area contributed by atoms with Crippen LogP contribution in [0.25, 0.3) is 0 Å². The number of rotatable bonds is 4. The predicted octanol–water partition coefficient (Wildman–Crippen LogP) is 1.17. The van der Waals surface area contributed by atoms with Crippen molar-refractivity contribution in [2.75, 3.05) is 32.1 Å². The van der Waals surface area contributed by atoms with Gasteiger partial charge in [0.1, 0.15) is 25.1 Å². The highest BCUT2D eigenvalue weighted by Crippen LogP contribution is 2.41. The van der Waals surface area contributed by atoms with Crippen molar-refractivity contribution in [2.45, 2.75) is 12.3 Å². The van der Waals surface area contributed by atoms with Crippen LogP contribution in [0.4, 0.5) is 0 Å². The van der Waals surface area contributed by atoms with Crippen molar-refractivity contribution in [1.29, 1.82) is 0 Å². The molecule has 2 heterocycles. The summed E-state index contributed by atoms with van der Waals surface area (Å²) in [4.78, 5) is 25.5. The summed E-state index contributed by atoms with van der Waals surface area (Å²) >= 11 is 1.52. The second kappa shape index (κ2) is 6.48. The molecular formula is C15H18N2O4S. The highest BCUT2D eigenvalue weighted by atomic mass is 32.2. The number of nitrogens with one attached hydrogen (secondary N) is 1. The number of carbonyl (C=O) groups excluding carboxylic acids is 2. The van der Waals surface area contributed by atoms with Crippen LogP contribution in [0.1, 0.15) is 17.9 Å². The minimum atomic E-state index is -0.161. The van der Waals surface area contributed by atoms with Gasteiger partial charge in [-0.3, -0.25) is 9.59 Å². The Hall–Kier alpha value is -1.89. The van der Waals surface area contributed by atoms with Crippen LogP contribution in [0.3, 0.4) is 0 Å². The van der Waals surface area contributed by atoms with Crippen molar-refractivity contribution >= 4 is 23.6 Å². The summed E-state index contributed by atoms with van der Waals surface area (Å²) in [6.07, 6.45) is 0. The Labute approximate surface area is 133 Å². The van der Waals surface area contributed by atoms with Gasteiger partial charge in [-0.1, -0.05) is 6.07 Å². The Morgan fingerprint density at radius 2 is 2.14 bits per heavy atom. The molecule has 0 aliphatic carbocycles. The molecule has 2 aliphatic heterocycles. The summed E-state index contributed by atoms with van der Waals surface area (Å²) in [6.45, 7) is 3.57. The second-order valence-electron chi connectivity index (χ2n) is 5.04. The third-order valence-electron chi connectivity index (χ3n) is 3.51. The van der Waals surface area contributed by atoms with Crippen LogP contribution in [0, 0.1) is 0 Å². The highest BCUT2D eigenvalue weighted by molar-refractivity contribution is 8.00. The standard InChI is InChI=1S/C15H18N2O4S/c1-2-16-13(18)8-17-14(19)9-22-15(17)10-3-4-11-12(7-10)21-6-5-20-11/h3-4,7,15H,2,5-6,8-9H2,1H3,(H,16,18)/t15-/m0/s1. The van der Waals surface area contributed by atoms with Crippen LogP contribution in [0.2, 0.25) is 0 Å². The van der Waals surface area contributed by atoms with Crippen molar-refractivity contribution in [1.82, 2.24) is 10.2 Å². The lowest BCUT2D eigenvalue weighted by Gasteiger charge is -2.25. The fourth-order valence-electron chi connectivity index (χ4n) is 2.52. The van der Waals surface area contributed by atoms with E-state index in [0.29, 0.717) is 31.3 Å². The maximum Gasteiger partial charge on any atom is 0.239 e. The van der Waals surface area contributed by atoms with Crippen molar-refractivity contribution in [3.05, 3.63) is 23.8 Å². The third-order valence-corrected chi connectivity index (χ3v) is 4.76. The normalized spacial score (nSPS) is 20.1. The summed E-state index contributed by atoms with van der Waals surface area (Å²) in [5.74, 6) is 1.65. The predicted molar refractivity (Wildman–Crippen MR) is 83.0 cm³/mol. The number of hydrogen-bond donors (Lipinski definition) is 1. The summed E-state index contributed by atoms with van der Waals surface area (Å²) in [7, 11) is 0. The molecule has 1 fully saturated rings. The maximum absolute atomic E-state index is 12.1. The SMILES string of the molecule is CCNC(=O)CN1C(=O)CS[C@H]1c1ccc2c(c1)OCCO2. The number of amides is 2. The lowest BCUT2D eigenvalue weighted by molar-refractivity contribution is -0.133. The maximum atomic E-state index is 12.1. The molecule has 0 radical (unpaired) electrons. The van der Waals surface area contributed by atoms with Crippen LogP contribution < -0.4 is 14.8 Å². The molecule has 22 heavy (non-hydrogen) atoms. The van der Waals surface area contributed by atoms with Crippen LogP contribution >= 0.6 is 11.8 Å². The Bertz CT molecular complexity index is 593. The minimum Gasteiger partial charge on any atom is -0.486 e. The number of ether oxygens (including phenoxy) is 2. The highest BCUT2D eigenvalue weighted by Gasteiger charge is 2.34. The number of carbonyl (C=O) groups is 2. The number of hydrogen-bond acceptors (Lipinski definition) is 5. The molecule has 0 unspecified atom stereocenters. The Balaban J connectivity index is 1.80. The van der Waals surface area contributed by atoms with Gasteiger partial charge in [-0.2, -0.15) is 0 Å². The molecule has 2 aliphatic rings. The largest absolute Gasteiger partial charge is 0.486 e. The molecule has 3 rings (SSSR count). The molecule has 1 atom stereocenters. The van der Waals surface area contributed by atoms with Crippen LogP contribution in [0.5, 0.6) is 11.5 Å². The summed E-state index contributed by atoms with van der Waals surface area (Å²) in [5, 5.41) is 2.57. The van der Waals surface area contributed by atoms with Crippen molar-refractivity contribution in [3.63, 3.8) is 0 Å². The van der Waals surface area contributed by atoms with Gasteiger partial charge in [0.05, 0.1) is 5.75 Å². The molecule has 1 aromatic carbocycles. The first-order chi connectivity index (χ1) is 10.7. The fraction of sp³-hybridized carbons (Fsp3) is 0.467. The topological polar surface area (TPSA) is 67.9 Å². The zero-order chi connectivity index (χ0) is 15.5. The number of thioether (sulfide) groups is 1. The van der Waals surface area contributed by atoms with E-state index in [1.165, 1.54) is 11.8 Å². The van der Waals surface area contributed by atoms with Crippen LogP contribution in [0.15, 0.2) is 18.2 Å². The number of benzene rings is 1. The Morgan fingerprint density at radius 1 is 1.36 bits per heavy atom. The third kappa shape index (κ3) is 2.99. The average molecular weight is 322 g/mol. The van der Waals surface area contributed by atoms with Gasteiger partial charge in [0.25, 0.3) is 0 Å². The molecule has 2 amide bonds. The van der Waals surface area contributed by atoms with E-state index in [9.17, 15) is 9.59 Å². The molecule has 0 saturated carbocycles. The van der Waals surface area contributed by atoms with E-state index >= 15 is 0 Å². The average Bonchev–Trinajstić information content (AvgIpc) is 2.88. The van der Waals surface area contributed by atoms with Gasteiger partial charge in [0.15, 0.2) is 11.5 Å². The minimum absolute atomic E-state index is 0.0175. The van der Waals surface area contributed by atoms with Crippen LogP contribution in [-0.2, 0) is 9.59 Å². The molecule has 1 N–H and O–H groups in total. The first-order valence-electron chi connectivity index (χ1n) is 7.26. The van der Waals surface area contributed by atoms with Gasteiger partial charge in [-0.05, 0) is 24.6 Å². The van der Waals surface area contributed by atoms with E-state index in [1.54, 1.807) is 4.90 Å². The van der Waals surface area contributed by atoms with Gasteiger partial charge >= 0.3 is 0 Å². The van der Waals surface area contributed by atoms with Crippen molar-refractivity contribution < 1.29 is 19.1 Å². The molecule has 7 heteroatoms. The molecule has 0 aromatic heterocycles. The van der Waals surface area contributed by atoms with E-state index in [1.807, 2.05) is 25.1 Å². The van der Waals surface area contributed by atoms with E-state index in [2.05, 4.69) is 5.32 Å². The summed E-state index contributed by atoms with van der Waals surface area (Å²) < 4.78 is 11.1. The first kappa shape index (κ1) is 15.0. The van der Waals surface area contributed by atoms with Gasteiger partial charge in [0, 0.05) is 6.54 Å². The van der Waals surface area contributed by atoms with Crippen molar-refractivity contribution in [3.8, 4) is 11.5 Å². The molecule has 6 nitrogen and oxygen atoms in total. The molecule has 0 bridgehead atoms. The molecular weight excluding hydrogens is 304 g/mol.